The Hall–Kier alpha value is -2.81. The number of halogens is 3. The number of carbonyl (C=O) groups excluding carboxylic acids is 1. The third kappa shape index (κ3) is 5.28. The smallest absolute Gasteiger partial charge is 0.346 e. The third-order valence-electron chi connectivity index (χ3n) is 4.66. The van der Waals surface area contributed by atoms with E-state index in [2.05, 4.69) is 4.98 Å². The molecule has 0 radical (unpaired) electrons. The van der Waals surface area contributed by atoms with Crippen LogP contribution in [0.25, 0.3) is 16.6 Å². The summed E-state index contributed by atoms with van der Waals surface area (Å²) in [7, 11) is 0. The summed E-state index contributed by atoms with van der Waals surface area (Å²) in [4.78, 5) is 30.2. The molecule has 1 N–H and O–H groups in total. The molecule has 3 aromatic rings. The van der Waals surface area contributed by atoms with Crippen LogP contribution in [-0.4, -0.2) is 33.4 Å². The summed E-state index contributed by atoms with van der Waals surface area (Å²) in [5.41, 5.74) is 1.70. The summed E-state index contributed by atoms with van der Waals surface area (Å²) < 4.78 is 38.8. The zero-order valence-electron chi connectivity index (χ0n) is 17.2. The molecule has 0 bridgehead atoms. The normalized spacial score (nSPS) is 12.9. The zero-order chi connectivity index (χ0) is 22.8. The van der Waals surface area contributed by atoms with Crippen LogP contribution in [-0.2, 0) is 4.79 Å². The lowest BCUT2D eigenvalue weighted by Gasteiger charge is -2.20. The van der Waals surface area contributed by atoms with Crippen molar-refractivity contribution < 1.29 is 18.0 Å². The average Bonchev–Trinajstić information content (AvgIpc) is 2.71. The van der Waals surface area contributed by atoms with Gasteiger partial charge in [0.1, 0.15) is 6.54 Å². The number of thioether (sulfide) groups is 1. The molecule has 0 saturated carbocycles. The highest BCUT2D eigenvalue weighted by atomic mass is 32.2. The van der Waals surface area contributed by atoms with E-state index in [1.54, 1.807) is 36.4 Å². The number of para-hydroxylation sites is 2. The summed E-state index contributed by atoms with van der Waals surface area (Å²) >= 11 is 0.946. The van der Waals surface area contributed by atoms with Crippen molar-refractivity contribution in [2.75, 3.05) is 6.54 Å². The topological polar surface area (TPSA) is 64.0 Å². The van der Waals surface area contributed by atoms with Gasteiger partial charge in [0.05, 0.1) is 21.8 Å². The maximum Gasteiger partial charge on any atom is 0.405 e. The number of aromatic nitrogens is 2. The Morgan fingerprint density at radius 1 is 1.10 bits per heavy atom. The first-order chi connectivity index (χ1) is 14.6. The Labute approximate surface area is 181 Å². The standard InChI is InChI=1S/C22H22F3N3O2S/c1-13(2)15-8-5-7-11-18(15)28-20(30)16-9-4-6-10-17(16)27-21(28)31-14(3)19(29)26-12-22(23,24)25/h4-11,13-14H,12H2,1-3H3,(H,26,29). The molecule has 5 nitrogen and oxygen atoms in total. The van der Waals surface area contributed by atoms with Crippen LogP contribution in [0.15, 0.2) is 58.5 Å². The van der Waals surface area contributed by atoms with Crippen molar-refractivity contribution >= 4 is 28.6 Å². The number of benzene rings is 2. The molecule has 9 heteroatoms. The van der Waals surface area contributed by atoms with Crippen molar-refractivity contribution in [1.29, 1.82) is 0 Å². The van der Waals surface area contributed by atoms with E-state index in [9.17, 15) is 22.8 Å². The fraction of sp³-hybridized carbons (Fsp3) is 0.318. The molecule has 1 atom stereocenters. The molecule has 1 aromatic heterocycles. The molecule has 0 spiro atoms. The lowest BCUT2D eigenvalue weighted by atomic mass is 10.0. The minimum Gasteiger partial charge on any atom is -0.346 e. The van der Waals surface area contributed by atoms with Crippen LogP contribution < -0.4 is 10.9 Å². The Balaban J connectivity index is 2.10. The van der Waals surface area contributed by atoms with Crippen molar-refractivity contribution in [2.45, 2.75) is 43.3 Å². The highest BCUT2D eigenvalue weighted by molar-refractivity contribution is 8.00. The van der Waals surface area contributed by atoms with E-state index in [0.29, 0.717) is 16.6 Å². The molecule has 1 amide bonds. The van der Waals surface area contributed by atoms with Gasteiger partial charge < -0.3 is 5.32 Å². The first-order valence-corrected chi connectivity index (χ1v) is 10.6. The molecule has 164 valence electrons. The lowest BCUT2D eigenvalue weighted by Crippen LogP contribution is -2.38. The van der Waals surface area contributed by atoms with Gasteiger partial charge in [0.2, 0.25) is 5.91 Å². The fourth-order valence-electron chi connectivity index (χ4n) is 3.13. The van der Waals surface area contributed by atoms with Gasteiger partial charge in [0.25, 0.3) is 5.56 Å². The van der Waals surface area contributed by atoms with E-state index in [4.69, 9.17) is 0 Å². The van der Waals surface area contributed by atoms with Crippen LogP contribution >= 0.6 is 11.8 Å². The van der Waals surface area contributed by atoms with Gasteiger partial charge in [-0.05, 0) is 36.6 Å². The molecule has 1 heterocycles. The summed E-state index contributed by atoms with van der Waals surface area (Å²) in [5, 5.41) is 1.65. The number of carbonyl (C=O) groups is 1. The van der Waals surface area contributed by atoms with E-state index in [0.717, 1.165) is 17.3 Å². The van der Waals surface area contributed by atoms with Crippen molar-refractivity contribution in [3.63, 3.8) is 0 Å². The Morgan fingerprint density at radius 3 is 2.42 bits per heavy atom. The second kappa shape index (κ2) is 9.13. The Morgan fingerprint density at radius 2 is 1.74 bits per heavy atom. The summed E-state index contributed by atoms with van der Waals surface area (Å²) in [6, 6.07) is 14.2. The number of hydrogen-bond donors (Lipinski definition) is 1. The second-order valence-electron chi connectivity index (χ2n) is 7.36. The molecule has 3 rings (SSSR count). The number of nitrogens with zero attached hydrogens (tertiary/aromatic N) is 2. The van der Waals surface area contributed by atoms with E-state index in [1.165, 1.54) is 11.5 Å². The molecule has 0 aliphatic carbocycles. The van der Waals surface area contributed by atoms with Crippen LogP contribution in [0, 0.1) is 0 Å². The minimum atomic E-state index is -4.50. The largest absolute Gasteiger partial charge is 0.405 e. The van der Waals surface area contributed by atoms with Gasteiger partial charge in [0.15, 0.2) is 5.16 Å². The molecule has 2 aromatic carbocycles. The van der Waals surface area contributed by atoms with Gasteiger partial charge in [-0.2, -0.15) is 13.2 Å². The lowest BCUT2D eigenvalue weighted by molar-refractivity contribution is -0.137. The molecular formula is C22H22F3N3O2S. The van der Waals surface area contributed by atoms with Gasteiger partial charge in [-0.15, -0.1) is 0 Å². The quantitative estimate of drug-likeness (QED) is 0.439. The third-order valence-corrected chi connectivity index (χ3v) is 5.71. The molecule has 1 unspecified atom stereocenters. The SMILES string of the molecule is CC(Sc1nc2ccccc2c(=O)n1-c1ccccc1C(C)C)C(=O)NCC(F)(F)F. The first-order valence-electron chi connectivity index (χ1n) is 9.70. The van der Waals surface area contributed by atoms with Crippen LogP contribution in [0.4, 0.5) is 13.2 Å². The monoisotopic (exact) mass is 449 g/mol. The number of alkyl halides is 3. The Bertz CT molecular complexity index is 1160. The molecule has 0 aliphatic heterocycles. The number of fused-ring (bicyclic) bond motifs is 1. The predicted octanol–water partition coefficient (Wildman–Crippen LogP) is 4.67. The maximum absolute atomic E-state index is 13.4. The molecular weight excluding hydrogens is 427 g/mol. The fourth-order valence-corrected chi connectivity index (χ4v) is 4.07. The van der Waals surface area contributed by atoms with Gasteiger partial charge in [0, 0.05) is 0 Å². The Kier molecular flexibility index (Phi) is 6.74. The minimum absolute atomic E-state index is 0.111. The molecule has 31 heavy (non-hydrogen) atoms. The van der Waals surface area contributed by atoms with Crippen molar-refractivity contribution in [1.82, 2.24) is 14.9 Å². The second-order valence-corrected chi connectivity index (χ2v) is 8.67. The summed E-state index contributed by atoms with van der Waals surface area (Å²) in [6.07, 6.45) is -4.50. The molecule has 0 aliphatic rings. The van der Waals surface area contributed by atoms with Gasteiger partial charge in [-0.1, -0.05) is 55.9 Å². The van der Waals surface area contributed by atoms with Crippen LogP contribution in [0.2, 0.25) is 0 Å². The maximum atomic E-state index is 13.4. The van der Waals surface area contributed by atoms with Crippen molar-refractivity contribution in [2.24, 2.45) is 0 Å². The van der Waals surface area contributed by atoms with Crippen molar-refractivity contribution in [3.8, 4) is 5.69 Å². The number of rotatable bonds is 6. The van der Waals surface area contributed by atoms with Gasteiger partial charge >= 0.3 is 6.18 Å². The molecule has 0 fully saturated rings. The highest BCUT2D eigenvalue weighted by Crippen LogP contribution is 2.29. The average molecular weight is 449 g/mol. The van der Waals surface area contributed by atoms with E-state index >= 15 is 0 Å². The van der Waals surface area contributed by atoms with Gasteiger partial charge in [-0.3, -0.25) is 14.2 Å². The summed E-state index contributed by atoms with van der Waals surface area (Å²) in [6.45, 7) is 4.07. The van der Waals surface area contributed by atoms with E-state index in [-0.39, 0.29) is 16.6 Å². The van der Waals surface area contributed by atoms with Crippen LogP contribution in [0.1, 0.15) is 32.3 Å². The first kappa shape index (κ1) is 22.9. The van der Waals surface area contributed by atoms with Crippen LogP contribution in [0.3, 0.4) is 0 Å². The van der Waals surface area contributed by atoms with E-state index in [1.807, 2.05) is 31.3 Å². The predicted molar refractivity (Wildman–Crippen MR) is 116 cm³/mol. The number of nitrogens with one attached hydrogen (secondary N) is 1. The number of hydrogen-bond acceptors (Lipinski definition) is 4. The highest BCUT2D eigenvalue weighted by Gasteiger charge is 2.29. The zero-order valence-corrected chi connectivity index (χ0v) is 18.1. The van der Waals surface area contributed by atoms with E-state index < -0.39 is 23.9 Å². The van der Waals surface area contributed by atoms with Crippen LogP contribution in [0.5, 0.6) is 0 Å². The van der Waals surface area contributed by atoms with Crippen molar-refractivity contribution in [3.05, 3.63) is 64.4 Å². The summed E-state index contributed by atoms with van der Waals surface area (Å²) in [5.74, 6) is -0.673. The molecule has 0 saturated heterocycles. The van der Waals surface area contributed by atoms with Gasteiger partial charge in [-0.25, -0.2) is 4.98 Å². The number of amides is 1.